The molecule has 0 aromatic carbocycles. The van der Waals surface area contributed by atoms with Gasteiger partial charge in [-0.2, -0.15) is 0 Å². The lowest BCUT2D eigenvalue weighted by molar-refractivity contribution is -0.00112. The molecule has 1 N–H and O–H groups in total. The van der Waals surface area contributed by atoms with Gasteiger partial charge in [0.1, 0.15) is 0 Å². The van der Waals surface area contributed by atoms with E-state index in [1.807, 2.05) is 0 Å². The van der Waals surface area contributed by atoms with Crippen molar-refractivity contribution in [1.29, 1.82) is 0 Å². The Kier molecular flexibility index (Phi) is 9.92. The second kappa shape index (κ2) is 10.0. The van der Waals surface area contributed by atoms with Gasteiger partial charge in [0.05, 0.1) is 25.9 Å². The van der Waals surface area contributed by atoms with Crippen LogP contribution in [0.5, 0.6) is 0 Å². The Hall–Kier alpha value is -0.160. The minimum atomic E-state index is -0.407. The van der Waals surface area contributed by atoms with Gasteiger partial charge >= 0.3 is 0 Å². The zero-order valence-corrected chi connectivity index (χ0v) is 11.1. The van der Waals surface area contributed by atoms with Crippen LogP contribution in [0.25, 0.3) is 0 Å². The number of hydrogen-bond donors (Lipinski definition) is 1. The molecule has 0 aliphatic rings. The van der Waals surface area contributed by atoms with Crippen LogP contribution < -0.4 is 0 Å². The molecule has 0 saturated carbocycles. The summed E-state index contributed by atoms with van der Waals surface area (Å²) in [5, 5.41) is 9.76. The van der Waals surface area contributed by atoms with Crippen molar-refractivity contribution in [1.82, 2.24) is 4.90 Å². The summed E-state index contributed by atoms with van der Waals surface area (Å²) < 4.78 is 10.1. The summed E-state index contributed by atoms with van der Waals surface area (Å²) >= 11 is 0. The monoisotopic (exact) mass is 233 g/mol. The Balaban J connectivity index is 3.61. The van der Waals surface area contributed by atoms with Gasteiger partial charge in [-0.1, -0.05) is 20.8 Å². The molecular weight excluding hydrogens is 206 g/mol. The average Bonchev–Trinajstić information content (AvgIpc) is 2.23. The first-order valence-corrected chi connectivity index (χ1v) is 6.07. The molecule has 16 heavy (non-hydrogen) atoms. The van der Waals surface area contributed by atoms with Crippen LogP contribution in [-0.2, 0) is 9.47 Å². The van der Waals surface area contributed by atoms with Crippen LogP contribution in [0.2, 0.25) is 0 Å². The van der Waals surface area contributed by atoms with Crippen molar-refractivity contribution in [3.63, 3.8) is 0 Å². The van der Waals surface area contributed by atoms with Crippen molar-refractivity contribution < 1.29 is 14.6 Å². The standard InChI is InChI=1S/C12H27NO3/c1-5-13(8-11(2)3)9-12(14)10-16-7-6-15-4/h11-12,14H,5-10H2,1-4H3. The number of aliphatic hydroxyl groups excluding tert-OH is 1. The maximum absolute atomic E-state index is 9.76. The lowest BCUT2D eigenvalue weighted by Crippen LogP contribution is -2.37. The fourth-order valence-corrected chi connectivity index (χ4v) is 1.56. The molecule has 0 rings (SSSR count). The highest BCUT2D eigenvalue weighted by Gasteiger charge is 2.11. The van der Waals surface area contributed by atoms with Gasteiger partial charge in [0, 0.05) is 20.2 Å². The number of likely N-dealkylation sites (N-methyl/N-ethyl adjacent to an activating group) is 1. The van der Waals surface area contributed by atoms with Crippen LogP contribution in [0, 0.1) is 5.92 Å². The molecule has 0 aromatic rings. The molecule has 0 saturated heterocycles. The second-order valence-electron chi connectivity index (χ2n) is 4.47. The normalized spacial score (nSPS) is 13.7. The molecule has 0 aliphatic carbocycles. The third kappa shape index (κ3) is 9.09. The van der Waals surface area contributed by atoms with E-state index in [2.05, 4.69) is 25.7 Å². The molecule has 4 nitrogen and oxygen atoms in total. The number of rotatable bonds is 10. The molecule has 0 aromatic heterocycles. The summed E-state index contributed by atoms with van der Waals surface area (Å²) in [4.78, 5) is 2.25. The molecule has 0 spiro atoms. The average molecular weight is 233 g/mol. The minimum absolute atomic E-state index is 0.387. The first kappa shape index (κ1) is 15.8. The summed E-state index contributed by atoms with van der Waals surface area (Å²) in [5.41, 5.74) is 0. The van der Waals surface area contributed by atoms with Crippen LogP contribution in [0.4, 0.5) is 0 Å². The lowest BCUT2D eigenvalue weighted by atomic mass is 10.2. The van der Waals surface area contributed by atoms with E-state index in [1.165, 1.54) is 0 Å². The largest absolute Gasteiger partial charge is 0.389 e. The van der Waals surface area contributed by atoms with Gasteiger partial charge in [-0.3, -0.25) is 0 Å². The van der Waals surface area contributed by atoms with E-state index in [1.54, 1.807) is 7.11 Å². The predicted octanol–water partition coefficient (Wildman–Crippen LogP) is 0.988. The highest BCUT2D eigenvalue weighted by Crippen LogP contribution is 2.00. The van der Waals surface area contributed by atoms with Crippen LogP contribution in [0.3, 0.4) is 0 Å². The number of ether oxygens (including phenoxy) is 2. The maximum Gasteiger partial charge on any atom is 0.0900 e. The van der Waals surface area contributed by atoms with Crippen LogP contribution in [0.1, 0.15) is 20.8 Å². The van der Waals surface area contributed by atoms with Gasteiger partial charge in [0.25, 0.3) is 0 Å². The summed E-state index contributed by atoms with van der Waals surface area (Å²) in [5.74, 6) is 0.626. The topological polar surface area (TPSA) is 41.9 Å². The highest BCUT2D eigenvalue weighted by atomic mass is 16.5. The first-order valence-electron chi connectivity index (χ1n) is 6.07. The molecule has 4 heteroatoms. The zero-order chi connectivity index (χ0) is 12.4. The second-order valence-corrected chi connectivity index (χ2v) is 4.47. The molecule has 0 fully saturated rings. The smallest absolute Gasteiger partial charge is 0.0900 e. The third-order valence-corrected chi connectivity index (χ3v) is 2.28. The number of aliphatic hydroxyl groups is 1. The molecule has 1 atom stereocenters. The summed E-state index contributed by atoms with van der Waals surface area (Å²) in [7, 11) is 1.64. The van der Waals surface area contributed by atoms with Crippen molar-refractivity contribution in [3.05, 3.63) is 0 Å². The minimum Gasteiger partial charge on any atom is -0.389 e. The van der Waals surface area contributed by atoms with E-state index < -0.39 is 6.10 Å². The van der Waals surface area contributed by atoms with Gasteiger partial charge in [0.15, 0.2) is 0 Å². The Labute approximate surface area is 99.5 Å². The predicted molar refractivity (Wildman–Crippen MR) is 65.7 cm³/mol. The van der Waals surface area contributed by atoms with Crippen molar-refractivity contribution in [2.45, 2.75) is 26.9 Å². The van der Waals surface area contributed by atoms with Crippen molar-refractivity contribution in [2.24, 2.45) is 5.92 Å². The van der Waals surface area contributed by atoms with E-state index in [4.69, 9.17) is 9.47 Å². The van der Waals surface area contributed by atoms with E-state index in [-0.39, 0.29) is 0 Å². The molecule has 98 valence electrons. The van der Waals surface area contributed by atoms with Gasteiger partial charge in [-0.05, 0) is 12.5 Å². The van der Waals surface area contributed by atoms with Gasteiger partial charge in [-0.15, -0.1) is 0 Å². The van der Waals surface area contributed by atoms with Crippen molar-refractivity contribution in [3.8, 4) is 0 Å². The Bertz CT molecular complexity index is 153. The van der Waals surface area contributed by atoms with Crippen LogP contribution in [0.15, 0.2) is 0 Å². The molecule has 1 unspecified atom stereocenters. The molecule has 0 amide bonds. The van der Waals surface area contributed by atoms with Gasteiger partial charge < -0.3 is 19.5 Å². The number of methoxy groups -OCH3 is 1. The van der Waals surface area contributed by atoms with Crippen LogP contribution >= 0.6 is 0 Å². The Morgan fingerprint density at radius 3 is 2.38 bits per heavy atom. The maximum atomic E-state index is 9.76. The van der Waals surface area contributed by atoms with Gasteiger partial charge in [-0.25, -0.2) is 0 Å². The molecule has 0 radical (unpaired) electrons. The van der Waals surface area contributed by atoms with E-state index in [0.717, 1.165) is 13.1 Å². The molecule has 0 bridgehead atoms. The van der Waals surface area contributed by atoms with Crippen molar-refractivity contribution in [2.75, 3.05) is 46.6 Å². The molecular formula is C12H27NO3. The fraction of sp³-hybridized carbons (Fsp3) is 1.00. The lowest BCUT2D eigenvalue weighted by Gasteiger charge is -2.25. The Morgan fingerprint density at radius 2 is 1.88 bits per heavy atom. The van der Waals surface area contributed by atoms with E-state index >= 15 is 0 Å². The quantitative estimate of drug-likeness (QED) is 0.571. The molecule has 0 aliphatic heterocycles. The Morgan fingerprint density at radius 1 is 1.19 bits per heavy atom. The summed E-state index contributed by atoms with van der Waals surface area (Å²) in [6.45, 7) is 10.7. The van der Waals surface area contributed by atoms with E-state index in [0.29, 0.717) is 32.3 Å². The fourth-order valence-electron chi connectivity index (χ4n) is 1.56. The summed E-state index contributed by atoms with van der Waals surface area (Å²) in [6.07, 6.45) is -0.407. The van der Waals surface area contributed by atoms with E-state index in [9.17, 15) is 5.11 Å². The third-order valence-electron chi connectivity index (χ3n) is 2.28. The number of nitrogens with zero attached hydrogens (tertiary/aromatic N) is 1. The zero-order valence-electron chi connectivity index (χ0n) is 11.1. The summed E-state index contributed by atoms with van der Waals surface area (Å²) in [6, 6.07) is 0. The first-order chi connectivity index (χ1) is 7.60. The van der Waals surface area contributed by atoms with Gasteiger partial charge in [0.2, 0.25) is 0 Å². The number of hydrogen-bond acceptors (Lipinski definition) is 4. The highest BCUT2D eigenvalue weighted by molar-refractivity contribution is 4.64. The van der Waals surface area contributed by atoms with Crippen LogP contribution in [-0.4, -0.2) is 62.7 Å². The molecule has 0 heterocycles. The van der Waals surface area contributed by atoms with Crippen molar-refractivity contribution >= 4 is 0 Å². The SMILES string of the molecule is CCN(CC(C)C)CC(O)COCCOC.